The second kappa shape index (κ2) is 10.5. The van der Waals surface area contributed by atoms with Crippen LogP contribution in [0.3, 0.4) is 0 Å². The minimum absolute atomic E-state index is 0.0496. The van der Waals surface area contributed by atoms with Gasteiger partial charge in [-0.05, 0) is 63.2 Å². The van der Waals surface area contributed by atoms with E-state index in [0.717, 1.165) is 46.4 Å². The summed E-state index contributed by atoms with van der Waals surface area (Å²) in [6.07, 6.45) is 5.41. The molecule has 0 unspecified atom stereocenters. The van der Waals surface area contributed by atoms with Crippen LogP contribution in [0.25, 0.3) is 21.8 Å². The van der Waals surface area contributed by atoms with Crippen molar-refractivity contribution < 1.29 is 14.3 Å². The van der Waals surface area contributed by atoms with Crippen molar-refractivity contribution in [2.75, 3.05) is 51.3 Å². The second-order valence-corrected chi connectivity index (χ2v) is 10.2. The Hall–Kier alpha value is -4.18. The lowest BCUT2D eigenvalue weighted by Crippen LogP contribution is -2.48. The summed E-state index contributed by atoms with van der Waals surface area (Å²) in [7, 11) is 2.13. The first-order valence-electron chi connectivity index (χ1n) is 13.4. The van der Waals surface area contributed by atoms with Gasteiger partial charge in [0.05, 0.1) is 17.1 Å². The standard InChI is InChI=1S/C29H33N7O3/c1-4-25(37)35-13-15-36(16-14-35)28-21-8-5-9-24(39-27-19(2)10-11-23-22(27)17-30-33-23)26(21)31-29(32-28)38-18-20-7-6-12-34(20)3/h4-5,8-11,17,20H,1,6-7,12-16,18H2,2-3H3,(H,30,33)/t20-/m0/s1. The minimum Gasteiger partial charge on any atom is -0.462 e. The molecule has 2 saturated heterocycles. The average Bonchev–Trinajstić information content (AvgIpc) is 3.61. The maximum absolute atomic E-state index is 12.1. The number of likely N-dealkylation sites (N-methyl/N-ethyl adjacent to an activating group) is 1. The molecule has 6 rings (SSSR count). The van der Waals surface area contributed by atoms with Gasteiger partial charge in [-0.2, -0.15) is 15.1 Å². The molecule has 1 amide bonds. The highest BCUT2D eigenvalue weighted by molar-refractivity contribution is 5.95. The topological polar surface area (TPSA) is 99.7 Å². The van der Waals surface area contributed by atoms with Crippen LogP contribution < -0.4 is 14.4 Å². The number of ether oxygens (including phenoxy) is 2. The van der Waals surface area contributed by atoms with Crippen molar-refractivity contribution in [1.82, 2.24) is 30.0 Å². The van der Waals surface area contributed by atoms with Gasteiger partial charge >= 0.3 is 6.01 Å². The van der Waals surface area contributed by atoms with Crippen LogP contribution >= 0.6 is 0 Å². The Morgan fingerprint density at radius 2 is 1.97 bits per heavy atom. The fraction of sp³-hybridized carbons (Fsp3) is 0.379. The van der Waals surface area contributed by atoms with E-state index >= 15 is 0 Å². The van der Waals surface area contributed by atoms with Gasteiger partial charge in [0.2, 0.25) is 5.91 Å². The van der Waals surface area contributed by atoms with E-state index in [-0.39, 0.29) is 5.91 Å². The van der Waals surface area contributed by atoms with Crippen molar-refractivity contribution >= 4 is 33.5 Å². The number of carbonyl (C=O) groups excluding carboxylic acids is 1. The summed E-state index contributed by atoms with van der Waals surface area (Å²) in [5.74, 6) is 2.09. The number of anilines is 1. The van der Waals surface area contributed by atoms with E-state index < -0.39 is 0 Å². The fourth-order valence-corrected chi connectivity index (χ4v) is 5.45. The zero-order chi connectivity index (χ0) is 26.9. The molecule has 0 aliphatic carbocycles. The number of aryl methyl sites for hydroxylation is 1. The third kappa shape index (κ3) is 4.87. The van der Waals surface area contributed by atoms with Crippen LogP contribution in [0.1, 0.15) is 18.4 Å². The summed E-state index contributed by atoms with van der Waals surface area (Å²) in [4.78, 5) is 28.2. The monoisotopic (exact) mass is 527 g/mol. The largest absolute Gasteiger partial charge is 0.462 e. The first kappa shape index (κ1) is 25.1. The molecule has 1 N–H and O–H groups in total. The molecule has 10 heteroatoms. The molecule has 2 aliphatic rings. The van der Waals surface area contributed by atoms with Crippen LogP contribution in [-0.2, 0) is 4.79 Å². The number of H-pyrrole nitrogens is 1. The lowest BCUT2D eigenvalue weighted by atomic mass is 10.1. The van der Waals surface area contributed by atoms with Gasteiger partial charge in [0.15, 0.2) is 5.75 Å². The number of fused-ring (bicyclic) bond motifs is 2. The maximum Gasteiger partial charge on any atom is 0.319 e. The highest BCUT2D eigenvalue weighted by Gasteiger charge is 2.26. The van der Waals surface area contributed by atoms with Crippen molar-refractivity contribution in [3.63, 3.8) is 0 Å². The van der Waals surface area contributed by atoms with Gasteiger partial charge in [-0.1, -0.05) is 18.7 Å². The molecule has 10 nitrogen and oxygen atoms in total. The van der Waals surface area contributed by atoms with Gasteiger partial charge in [0.25, 0.3) is 0 Å². The van der Waals surface area contributed by atoms with E-state index in [4.69, 9.17) is 19.4 Å². The van der Waals surface area contributed by atoms with Gasteiger partial charge in [0.1, 0.15) is 23.7 Å². The maximum atomic E-state index is 12.1. The van der Waals surface area contributed by atoms with E-state index in [9.17, 15) is 4.79 Å². The molecule has 0 saturated carbocycles. The van der Waals surface area contributed by atoms with Crippen molar-refractivity contribution in [1.29, 1.82) is 0 Å². The molecular weight excluding hydrogens is 494 g/mol. The van der Waals surface area contributed by atoms with Crippen LogP contribution in [0.15, 0.2) is 49.2 Å². The highest BCUT2D eigenvalue weighted by atomic mass is 16.5. The summed E-state index contributed by atoms with van der Waals surface area (Å²) in [6.45, 7) is 9.73. The Bertz CT molecular complexity index is 1530. The first-order chi connectivity index (χ1) is 19.0. The molecule has 0 radical (unpaired) electrons. The summed E-state index contributed by atoms with van der Waals surface area (Å²) in [5, 5.41) is 8.99. The minimum atomic E-state index is -0.0496. The molecule has 2 aromatic carbocycles. The van der Waals surface area contributed by atoms with Gasteiger partial charge in [0, 0.05) is 37.6 Å². The quantitative estimate of drug-likeness (QED) is 0.361. The zero-order valence-electron chi connectivity index (χ0n) is 22.4. The van der Waals surface area contributed by atoms with Crippen molar-refractivity contribution in [2.24, 2.45) is 0 Å². The molecule has 39 heavy (non-hydrogen) atoms. The number of hydrogen-bond donors (Lipinski definition) is 1. The number of carbonyl (C=O) groups is 1. The number of nitrogens with zero attached hydrogens (tertiary/aromatic N) is 6. The first-order valence-corrected chi connectivity index (χ1v) is 13.4. The average molecular weight is 528 g/mol. The molecule has 2 aromatic heterocycles. The number of amides is 1. The summed E-state index contributed by atoms with van der Waals surface area (Å²) in [5.41, 5.74) is 2.59. The van der Waals surface area contributed by atoms with Crippen LogP contribution in [-0.4, -0.2) is 88.3 Å². The van der Waals surface area contributed by atoms with Gasteiger partial charge < -0.3 is 24.2 Å². The molecule has 4 heterocycles. The lowest BCUT2D eigenvalue weighted by molar-refractivity contribution is -0.126. The normalized spacial score (nSPS) is 18.2. The third-order valence-corrected chi connectivity index (χ3v) is 7.77. The molecule has 2 fully saturated rings. The number of nitrogens with one attached hydrogen (secondary N) is 1. The van der Waals surface area contributed by atoms with Crippen molar-refractivity contribution in [2.45, 2.75) is 25.8 Å². The highest BCUT2D eigenvalue weighted by Crippen LogP contribution is 2.38. The van der Waals surface area contributed by atoms with E-state index in [1.807, 2.05) is 42.2 Å². The van der Waals surface area contributed by atoms with Gasteiger partial charge in [-0.25, -0.2) is 0 Å². The molecule has 2 aliphatic heterocycles. The number of para-hydroxylation sites is 1. The third-order valence-electron chi connectivity index (χ3n) is 7.77. The Labute approximate surface area is 227 Å². The van der Waals surface area contributed by atoms with Crippen LogP contribution in [0.2, 0.25) is 0 Å². The molecule has 0 spiro atoms. The van der Waals surface area contributed by atoms with E-state index in [1.54, 1.807) is 6.20 Å². The molecular formula is C29H33N7O3. The number of likely N-dealkylation sites (tertiary alicyclic amines) is 1. The number of hydrogen-bond acceptors (Lipinski definition) is 8. The van der Waals surface area contributed by atoms with Crippen molar-refractivity contribution in [3.8, 4) is 17.5 Å². The second-order valence-electron chi connectivity index (χ2n) is 10.2. The van der Waals surface area contributed by atoms with E-state index in [2.05, 4.69) is 33.6 Å². The molecule has 1 atom stereocenters. The van der Waals surface area contributed by atoms with Crippen LogP contribution in [0.5, 0.6) is 17.5 Å². The SMILES string of the molecule is C=CC(=O)N1CCN(c2nc(OC[C@@H]3CCCN3C)nc3c(Oc4c(C)ccc5[nH]ncc45)cccc23)CC1. The van der Waals surface area contributed by atoms with E-state index in [0.29, 0.717) is 56.1 Å². The lowest BCUT2D eigenvalue weighted by Gasteiger charge is -2.35. The Balaban J connectivity index is 1.38. The Morgan fingerprint density at radius 1 is 1.13 bits per heavy atom. The Kier molecular flexibility index (Phi) is 6.78. The van der Waals surface area contributed by atoms with Gasteiger partial charge in [-0.15, -0.1) is 0 Å². The van der Waals surface area contributed by atoms with Crippen molar-refractivity contribution in [3.05, 3.63) is 54.7 Å². The van der Waals surface area contributed by atoms with E-state index in [1.165, 1.54) is 12.5 Å². The predicted molar refractivity (Wildman–Crippen MR) is 151 cm³/mol. The fourth-order valence-electron chi connectivity index (χ4n) is 5.45. The predicted octanol–water partition coefficient (Wildman–Crippen LogP) is 3.91. The molecule has 202 valence electrons. The summed E-state index contributed by atoms with van der Waals surface area (Å²) < 4.78 is 12.8. The van der Waals surface area contributed by atoms with Crippen LogP contribution in [0, 0.1) is 6.92 Å². The number of aromatic nitrogens is 4. The Morgan fingerprint density at radius 3 is 2.74 bits per heavy atom. The summed E-state index contributed by atoms with van der Waals surface area (Å²) in [6, 6.07) is 10.6. The zero-order valence-corrected chi connectivity index (χ0v) is 22.4. The number of piperazine rings is 1. The van der Waals surface area contributed by atoms with Crippen LogP contribution in [0.4, 0.5) is 5.82 Å². The number of rotatable bonds is 7. The molecule has 4 aromatic rings. The number of aromatic amines is 1. The smallest absolute Gasteiger partial charge is 0.319 e. The molecule has 0 bridgehead atoms. The number of benzene rings is 2. The van der Waals surface area contributed by atoms with Gasteiger partial charge in [-0.3, -0.25) is 9.89 Å². The summed E-state index contributed by atoms with van der Waals surface area (Å²) >= 11 is 0.